The highest BCUT2D eigenvalue weighted by molar-refractivity contribution is 7.80. The maximum atomic E-state index is 14.7. The number of amides is 1. The lowest BCUT2D eigenvalue weighted by Crippen LogP contribution is -2.38. The molecule has 1 saturated heterocycles. The number of nitrogens with zero attached hydrogens (tertiary/aromatic N) is 4. The smallest absolute Gasteiger partial charge is 0.414 e. The number of carbonyl (C=O) groups excluding carboxylic acids is 1. The van der Waals surface area contributed by atoms with Gasteiger partial charge in [0.15, 0.2) is 0 Å². The summed E-state index contributed by atoms with van der Waals surface area (Å²) in [7, 11) is 1.45. The fraction of sp³-hybridized carbons (Fsp3) is 0.389. The number of hydrazone groups is 1. The molecule has 2 heterocycles. The lowest BCUT2D eigenvalue weighted by Gasteiger charge is -2.30. The molecule has 156 valence electrons. The second-order valence-electron chi connectivity index (χ2n) is 6.45. The number of thiocarbonyl (C=S) groups is 1. The zero-order valence-electron chi connectivity index (χ0n) is 15.8. The van der Waals surface area contributed by atoms with E-state index in [0.29, 0.717) is 42.6 Å². The molecule has 0 saturated carbocycles. The van der Waals surface area contributed by atoms with Crippen LogP contribution >= 0.6 is 23.8 Å². The minimum absolute atomic E-state index is 0.215. The van der Waals surface area contributed by atoms with E-state index >= 15 is 0 Å². The highest BCUT2D eigenvalue weighted by Gasteiger charge is 2.33. The van der Waals surface area contributed by atoms with Gasteiger partial charge in [0, 0.05) is 11.6 Å². The molecule has 1 amide bonds. The third kappa shape index (κ3) is 5.27. The van der Waals surface area contributed by atoms with Crippen molar-refractivity contribution in [2.45, 2.75) is 6.10 Å². The number of hydrogen-bond acceptors (Lipinski definition) is 7. The fourth-order valence-corrected chi connectivity index (χ4v) is 3.20. The van der Waals surface area contributed by atoms with E-state index < -0.39 is 18.0 Å². The Kier molecular flexibility index (Phi) is 6.75. The normalized spacial score (nSPS) is 18.7. The van der Waals surface area contributed by atoms with E-state index in [9.17, 15) is 9.18 Å². The van der Waals surface area contributed by atoms with E-state index in [4.69, 9.17) is 33.3 Å². The van der Waals surface area contributed by atoms with Crippen molar-refractivity contribution >= 4 is 52.8 Å². The first kappa shape index (κ1) is 21.1. The summed E-state index contributed by atoms with van der Waals surface area (Å²) >= 11 is 10.7. The molecule has 2 aliphatic heterocycles. The van der Waals surface area contributed by atoms with Gasteiger partial charge in [-0.25, -0.2) is 9.18 Å². The molecular weight excluding hydrogens is 421 g/mol. The predicted octanol–water partition coefficient (Wildman–Crippen LogP) is 2.49. The van der Waals surface area contributed by atoms with Crippen LogP contribution in [0.4, 0.5) is 20.6 Å². The largest absolute Gasteiger partial charge is 0.474 e. The Morgan fingerprint density at radius 2 is 2.31 bits per heavy atom. The fourth-order valence-electron chi connectivity index (χ4n) is 2.98. The summed E-state index contributed by atoms with van der Waals surface area (Å²) in [5.41, 5.74) is 0.792. The van der Waals surface area contributed by atoms with Crippen LogP contribution in [0.1, 0.15) is 0 Å². The summed E-state index contributed by atoms with van der Waals surface area (Å²) < 4.78 is 24.9. The molecule has 1 N–H and O–H groups in total. The average Bonchev–Trinajstić information content (AvgIpc) is 3.07. The SMILES string of the molecule is C=C(Cl)CN1CCN(c2ccc(N3C[C@H](CNC(=S)OC)OC3=O)cc2F)C=N1. The lowest BCUT2D eigenvalue weighted by molar-refractivity contribution is 0.142. The van der Waals surface area contributed by atoms with Gasteiger partial charge in [0.2, 0.25) is 0 Å². The zero-order valence-corrected chi connectivity index (χ0v) is 17.4. The van der Waals surface area contributed by atoms with Crippen molar-refractivity contribution in [1.82, 2.24) is 10.3 Å². The van der Waals surface area contributed by atoms with E-state index in [0.717, 1.165) is 0 Å². The first-order valence-corrected chi connectivity index (χ1v) is 9.64. The Balaban J connectivity index is 1.65. The lowest BCUT2D eigenvalue weighted by atomic mass is 10.2. The van der Waals surface area contributed by atoms with Gasteiger partial charge in [-0.15, -0.1) is 0 Å². The number of benzene rings is 1. The van der Waals surface area contributed by atoms with Crippen molar-refractivity contribution < 1.29 is 18.7 Å². The van der Waals surface area contributed by atoms with Gasteiger partial charge in [0.25, 0.3) is 5.17 Å². The second-order valence-corrected chi connectivity index (χ2v) is 7.36. The van der Waals surface area contributed by atoms with Crippen molar-refractivity contribution in [3.8, 4) is 0 Å². The molecule has 0 radical (unpaired) electrons. The molecule has 3 rings (SSSR count). The number of methoxy groups -OCH3 is 1. The minimum Gasteiger partial charge on any atom is -0.474 e. The molecule has 0 aromatic heterocycles. The molecule has 29 heavy (non-hydrogen) atoms. The molecular formula is C18H21ClFN5O3S. The Labute approximate surface area is 178 Å². The minimum atomic E-state index is -0.538. The number of anilines is 2. The number of halogens is 2. The Hall–Kier alpha value is -2.59. The Morgan fingerprint density at radius 1 is 1.52 bits per heavy atom. The molecule has 1 fully saturated rings. The third-order valence-corrected chi connectivity index (χ3v) is 4.82. The van der Waals surface area contributed by atoms with E-state index in [1.165, 1.54) is 18.1 Å². The second kappa shape index (κ2) is 9.27. The number of nitrogens with one attached hydrogen (secondary N) is 1. The molecule has 11 heteroatoms. The molecule has 1 aromatic rings. The van der Waals surface area contributed by atoms with Crippen molar-refractivity contribution in [2.24, 2.45) is 5.10 Å². The monoisotopic (exact) mass is 441 g/mol. The Bertz CT molecular complexity index is 840. The van der Waals surface area contributed by atoms with E-state index in [-0.39, 0.29) is 11.7 Å². The van der Waals surface area contributed by atoms with Gasteiger partial charge in [0.1, 0.15) is 18.3 Å². The first-order chi connectivity index (χ1) is 13.9. The van der Waals surface area contributed by atoms with Gasteiger partial charge < -0.3 is 19.7 Å². The number of hydrogen-bond donors (Lipinski definition) is 1. The predicted molar refractivity (Wildman–Crippen MR) is 114 cm³/mol. The summed E-state index contributed by atoms with van der Waals surface area (Å²) in [4.78, 5) is 15.2. The van der Waals surface area contributed by atoms with Gasteiger partial charge in [-0.05, 0) is 30.4 Å². The van der Waals surface area contributed by atoms with E-state index in [1.54, 1.807) is 28.4 Å². The molecule has 0 bridgehead atoms. The standard InChI is InChI=1S/C18H21ClFN5O3S/c1-12(19)9-24-6-5-23(11-22-24)16-4-3-13(7-15(16)20)25-10-14(28-18(25)26)8-21-17(29)27-2/h3-4,7,11,14H,1,5-6,8-10H2,2H3,(H,21,29)/t14-/m0/s1. The van der Waals surface area contributed by atoms with Gasteiger partial charge >= 0.3 is 6.09 Å². The van der Waals surface area contributed by atoms with Crippen molar-refractivity contribution in [2.75, 3.05) is 49.6 Å². The number of ether oxygens (including phenoxy) is 2. The summed E-state index contributed by atoms with van der Waals surface area (Å²) in [5.74, 6) is -0.459. The van der Waals surface area contributed by atoms with Crippen LogP contribution in [0.3, 0.4) is 0 Å². The van der Waals surface area contributed by atoms with Crippen LogP contribution in [0.15, 0.2) is 34.9 Å². The maximum absolute atomic E-state index is 14.7. The molecule has 1 aromatic carbocycles. The van der Waals surface area contributed by atoms with Crippen LogP contribution in [0.5, 0.6) is 0 Å². The number of carbonyl (C=O) groups is 1. The van der Waals surface area contributed by atoms with Gasteiger partial charge in [0.05, 0.1) is 44.7 Å². The highest BCUT2D eigenvalue weighted by atomic mass is 35.5. The molecule has 0 spiro atoms. The summed E-state index contributed by atoms with van der Waals surface area (Å²) in [6.07, 6.45) is 0.588. The summed E-state index contributed by atoms with van der Waals surface area (Å²) in [6.45, 7) is 5.80. The average molecular weight is 442 g/mol. The maximum Gasteiger partial charge on any atom is 0.414 e. The van der Waals surface area contributed by atoms with Crippen LogP contribution in [0.25, 0.3) is 0 Å². The summed E-state index contributed by atoms with van der Waals surface area (Å²) in [5, 5.41) is 9.53. The quantitative estimate of drug-likeness (QED) is 0.680. The van der Waals surface area contributed by atoms with Crippen LogP contribution in [-0.2, 0) is 9.47 Å². The molecule has 0 unspecified atom stereocenters. The highest BCUT2D eigenvalue weighted by Crippen LogP contribution is 2.28. The van der Waals surface area contributed by atoms with Gasteiger partial charge in [-0.3, -0.25) is 9.91 Å². The topological polar surface area (TPSA) is 69.6 Å². The van der Waals surface area contributed by atoms with Crippen LogP contribution in [0, 0.1) is 5.82 Å². The van der Waals surface area contributed by atoms with Crippen LogP contribution in [0.2, 0.25) is 0 Å². The van der Waals surface area contributed by atoms with Crippen molar-refractivity contribution in [1.29, 1.82) is 0 Å². The van der Waals surface area contributed by atoms with Crippen LogP contribution in [-0.4, -0.2) is 68.6 Å². The van der Waals surface area contributed by atoms with Crippen molar-refractivity contribution in [3.05, 3.63) is 35.6 Å². The molecule has 8 nitrogen and oxygen atoms in total. The van der Waals surface area contributed by atoms with E-state index in [1.807, 2.05) is 0 Å². The van der Waals surface area contributed by atoms with E-state index in [2.05, 4.69) is 17.0 Å². The first-order valence-electron chi connectivity index (χ1n) is 8.86. The van der Waals surface area contributed by atoms with Crippen LogP contribution < -0.4 is 15.1 Å². The van der Waals surface area contributed by atoms with Crippen molar-refractivity contribution in [3.63, 3.8) is 0 Å². The summed E-state index contributed by atoms with van der Waals surface area (Å²) in [6, 6.07) is 4.61. The molecule has 0 aliphatic carbocycles. The van der Waals surface area contributed by atoms with Gasteiger partial charge in [-0.1, -0.05) is 18.2 Å². The third-order valence-electron chi connectivity index (χ3n) is 4.39. The zero-order chi connectivity index (χ0) is 21.0. The number of cyclic esters (lactones) is 1. The Morgan fingerprint density at radius 3 is 2.93 bits per heavy atom. The molecule has 2 aliphatic rings. The van der Waals surface area contributed by atoms with Gasteiger partial charge in [-0.2, -0.15) is 5.10 Å². The molecule has 1 atom stereocenters. The number of rotatable bonds is 6.